The molecule has 0 saturated heterocycles. The van der Waals surface area contributed by atoms with Crippen LogP contribution in [0, 0.1) is 0 Å². The molecule has 0 bridgehead atoms. The third kappa shape index (κ3) is 2.44. The van der Waals surface area contributed by atoms with E-state index in [0.717, 1.165) is 11.4 Å². The zero-order chi connectivity index (χ0) is 11.5. The summed E-state index contributed by atoms with van der Waals surface area (Å²) in [6.45, 7) is 0. The fourth-order valence-corrected chi connectivity index (χ4v) is 2.70. The highest BCUT2D eigenvalue weighted by Gasteiger charge is 2.20. The Kier molecular flexibility index (Phi) is 3.93. The SMILES string of the molecule is CN(c1cc(CCl)c(Cl)cn1)C1CCCC1. The van der Waals surface area contributed by atoms with Crippen LogP contribution in [0.3, 0.4) is 0 Å². The van der Waals surface area contributed by atoms with Crippen molar-refractivity contribution in [1.82, 2.24) is 4.98 Å². The summed E-state index contributed by atoms with van der Waals surface area (Å²) in [6, 6.07) is 2.62. The van der Waals surface area contributed by atoms with E-state index in [9.17, 15) is 0 Å². The number of pyridine rings is 1. The Bertz CT molecular complexity index is 362. The number of hydrogen-bond acceptors (Lipinski definition) is 2. The van der Waals surface area contributed by atoms with Crippen molar-refractivity contribution in [3.63, 3.8) is 0 Å². The van der Waals surface area contributed by atoms with E-state index in [-0.39, 0.29) is 0 Å². The summed E-state index contributed by atoms with van der Waals surface area (Å²) in [4.78, 5) is 6.62. The Balaban J connectivity index is 2.19. The first kappa shape index (κ1) is 12.0. The number of nitrogens with zero attached hydrogens (tertiary/aromatic N) is 2. The summed E-state index contributed by atoms with van der Waals surface area (Å²) in [5.74, 6) is 1.42. The molecule has 1 aromatic heterocycles. The molecule has 1 fully saturated rings. The number of hydrogen-bond donors (Lipinski definition) is 0. The largest absolute Gasteiger partial charge is 0.357 e. The highest BCUT2D eigenvalue weighted by Crippen LogP contribution is 2.28. The van der Waals surface area contributed by atoms with E-state index in [1.165, 1.54) is 25.7 Å². The molecular weight excluding hydrogens is 243 g/mol. The van der Waals surface area contributed by atoms with Gasteiger partial charge in [-0.2, -0.15) is 0 Å². The lowest BCUT2D eigenvalue weighted by Crippen LogP contribution is -2.29. The van der Waals surface area contributed by atoms with Crippen LogP contribution in [0.15, 0.2) is 12.3 Å². The normalized spacial score (nSPS) is 16.7. The quantitative estimate of drug-likeness (QED) is 0.766. The minimum atomic E-state index is 0.437. The van der Waals surface area contributed by atoms with E-state index in [1.54, 1.807) is 6.20 Å². The molecule has 0 aromatic carbocycles. The summed E-state index contributed by atoms with van der Waals surface area (Å²) in [5.41, 5.74) is 0.957. The molecule has 0 N–H and O–H groups in total. The van der Waals surface area contributed by atoms with Crippen LogP contribution in [0.1, 0.15) is 31.2 Å². The van der Waals surface area contributed by atoms with Crippen molar-refractivity contribution < 1.29 is 0 Å². The molecule has 88 valence electrons. The Labute approximate surface area is 107 Å². The number of anilines is 1. The Morgan fingerprint density at radius 1 is 1.44 bits per heavy atom. The summed E-state index contributed by atoms with van der Waals surface area (Å²) < 4.78 is 0. The molecule has 0 aliphatic heterocycles. The van der Waals surface area contributed by atoms with Crippen LogP contribution in [0.2, 0.25) is 5.02 Å². The lowest BCUT2D eigenvalue weighted by molar-refractivity contribution is 0.646. The molecule has 1 aliphatic carbocycles. The van der Waals surface area contributed by atoms with Crippen LogP contribution >= 0.6 is 23.2 Å². The van der Waals surface area contributed by atoms with E-state index < -0.39 is 0 Å². The number of halogens is 2. The van der Waals surface area contributed by atoms with Crippen molar-refractivity contribution in [3.05, 3.63) is 22.8 Å². The second kappa shape index (κ2) is 5.24. The maximum Gasteiger partial charge on any atom is 0.128 e. The van der Waals surface area contributed by atoms with E-state index in [0.29, 0.717) is 16.9 Å². The lowest BCUT2D eigenvalue weighted by atomic mass is 10.2. The van der Waals surface area contributed by atoms with Crippen LogP contribution in [-0.2, 0) is 5.88 Å². The molecule has 16 heavy (non-hydrogen) atoms. The maximum atomic E-state index is 6.00. The predicted molar refractivity (Wildman–Crippen MR) is 69.5 cm³/mol. The maximum absolute atomic E-state index is 6.00. The van der Waals surface area contributed by atoms with Crippen LogP contribution in [0.5, 0.6) is 0 Å². The molecule has 4 heteroatoms. The van der Waals surface area contributed by atoms with Crippen molar-refractivity contribution in [2.24, 2.45) is 0 Å². The van der Waals surface area contributed by atoms with Crippen LogP contribution < -0.4 is 4.90 Å². The Morgan fingerprint density at radius 2 is 2.12 bits per heavy atom. The Morgan fingerprint density at radius 3 is 2.75 bits per heavy atom. The molecule has 1 saturated carbocycles. The van der Waals surface area contributed by atoms with Crippen LogP contribution in [-0.4, -0.2) is 18.1 Å². The molecule has 1 heterocycles. The molecule has 2 nitrogen and oxygen atoms in total. The highest BCUT2D eigenvalue weighted by atomic mass is 35.5. The van der Waals surface area contributed by atoms with Gasteiger partial charge in [-0.3, -0.25) is 0 Å². The van der Waals surface area contributed by atoms with Crippen LogP contribution in [0.4, 0.5) is 5.82 Å². The number of aromatic nitrogens is 1. The highest BCUT2D eigenvalue weighted by molar-refractivity contribution is 6.32. The number of rotatable bonds is 3. The van der Waals surface area contributed by atoms with Crippen LogP contribution in [0.25, 0.3) is 0 Å². The summed E-state index contributed by atoms with van der Waals surface area (Å²) >= 11 is 11.8. The van der Waals surface area contributed by atoms with Crippen molar-refractivity contribution in [2.45, 2.75) is 37.6 Å². The molecule has 2 rings (SSSR count). The predicted octanol–water partition coefficient (Wildman–Crippen LogP) is 3.85. The second-order valence-corrected chi connectivity index (χ2v) is 4.99. The smallest absolute Gasteiger partial charge is 0.128 e. The first-order valence-electron chi connectivity index (χ1n) is 5.65. The third-order valence-corrected chi connectivity index (χ3v) is 3.93. The van der Waals surface area contributed by atoms with Crippen molar-refractivity contribution in [2.75, 3.05) is 11.9 Å². The van der Waals surface area contributed by atoms with Gasteiger partial charge in [-0.15, -0.1) is 11.6 Å². The Hall–Kier alpha value is -0.470. The average molecular weight is 259 g/mol. The molecule has 0 radical (unpaired) electrons. The molecule has 0 spiro atoms. The van der Waals surface area contributed by atoms with Crippen molar-refractivity contribution >= 4 is 29.0 Å². The van der Waals surface area contributed by atoms with Gasteiger partial charge in [-0.1, -0.05) is 24.4 Å². The third-order valence-electron chi connectivity index (χ3n) is 3.30. The standard InChI is InChI=1S/C12H16Cl2N2/c1-16(10-4-2-3-5-10)12-6-9(7-13)11(14)8-15-12/h6,8,10H,2-5,7H2,1H3. The van der Waals surface area contributed by atoms with Gasteiger partial charge in [0.1, 0.15) is 5.82 Å². The molecule has 0 amide bonds. The van der Waals surface area contributed by atoms with Crippen molar-refractivity contribution in [3.8, 4) is 0 Å². The van der Waals surface area contributed by atoms with E-state index >= 15 is 0 Å². The van der Waals surface area contributed by atoms with E-state index in [2.05, 4.69) is 16.9 Å². The first-order valence-corrected chi connectivity index (χ1v) is 6.57. The first-order chi connectivity index (χ1) is 7.72. The van der Waals surface area contributed by atoms with Gasteiger partial charge < -0.3 is 4.90 Å². The van der Waals surface area contributed by atoms with Gasteiger partial charge in [0.2, 0.25) is 0 Å². The monoisotopic (exact) mass is 258 g/mol. The summed E-state index contributed by atoms with van der Waals surface area (Å²) in [5, 5.41) is 0.651. The zero-order valence-corrected chi connectivity index (χ0v) is 10.9. The fourth-order valence-electron chi connectivity index (χ4n) is 2.24. The second-order valence-electron chi connectivity index (χ2n) is 4.32. The van der Waals surface area contributed by atoms with E-state index in [4.69, 9.17) is 23.2 Å². The molecule has 0 atom stereocenters. The van der Waals surface area contributed by atoms with Gasteiger partial charge in [0.15, 0.2) is 0 Å². The van der Waals surface area contributed by atoms with Crippen molar-refractivity contribution in [1.29, 1.82) is 0 Å². The lowest BCUT2D eigenvalue weighted by Gasteiger charge is -2.25. The van der Waals surface area contributed by atoms with Gasteiger partial charge in [-0.05, 0) is 24.5 Å². The summed E-state index contributed by atoms with van der Waals surface area (Å²) in [6.07, 6.45) is 6.87. The fraction of sp³-hybridized carbons (Fsp3) is 0.583. The molecule has 1 aromatic rings. The molecular formula is C12H16Cl2N2. The molecule has 0 unspecified atom stereocenters. The zero-order valence-electron chi connectivity index (χ0n) is 9.42. The van der Waals surface area contributed by atoms with Gasteiger partial charge in [-0.25, -0.2) is 4.98 Å². The topological polar surface area (TPSA) is 16.1 Å². The summed E-state index contributed by atoms with van der Waals surface area (Å²) in [7, 11) is 2.10. The van der Waals surface area contributed by atoms with E-state index in [1.807, 2.05) is 6.07 Å². The minimum Gasteiger partial charge on any atom is -0.357 e. The van der Waals surface area contributed by atoms with Gasteiger partial charge in [0.05, 0.1) is 5.02 Å². The molecule has 1 aliphatic rings. The number of alkyl halides is 1. The van der Waals surface area contributed by atoms with Gasteiger partial charge >= 0.3 is 0 Å². The van der Waals surface area contributed by atoms with Gasteiger partial charge in [0, 0.05) is 25.2 Å². The van der Waals surface area contributed by atoms with Gasteiger partial charge in [0.25, 0.3) is 0 Å². The average Bonchev–Trinajstić information content (AvgIpc) is 2.82. The minimum absolute atomic E-state index is 0.437.